The van der Waals surface area contributed by atoms with E-state index < -0.39 is 20.6 Å². The maximum absolute atomic E-state index is 12.7. The van der Waals surface area contributed by atoms with Crippen LogP contribution >= 0.6 is 0 Å². The molecule has 0 aliphatic heterocycles. The molecule has 0 saturated heterocycles. The predicted molar refractivity (Wildman–Crippen MR) is 82.8 cm³/mol. The predicted octanol–water partition coefficient (Wildman–Crippen LogP) is 2.81. The van der Waals surface area contributed by atoms with Crippen molar-refractivity contribution in [1.29, 1.82) is 0 Å². The van der Waals surface area contributed by atoms with E-state index in [0.29, 0.717) is 0 Å². The van der Waals surface area contributed by atoms with E-state index in [-0.39, 0.29) is 18.0 Å². The molecule has 0 amide bonds. The Balaban J connectivity index is 2.42. The van der Waals surface area contributed by atoms with Gasteiger partial charge in [0.15, 0.2) is 4.90 Å². The number of rotatable bonds is 6. The Hall–Kier alpha value is -2.25. The van der Waals surface area contributed by atoms with E-state index in [1.165, 1.54) is 28.6 Å². The van der Waals surface area contributed by atoms with Crippen LogP contribution in [0.3, 0.4) is 0 Å². The molecule has 116 valence electrons. The number of benzene rings is 2. The Morgan fingerprint density at radius 1 is 1.05 bits per heavy atom. The molecule has 0 aromatic heterocycles. The summed E-state index contributed by atoms with van der Waals surface area (Å²) in [5.41, 5.74) is 0.417. The van der Waals surface area contributed by atoms with Crippen molar-refractivity contribution in [1.82, 2.24) is 4.31 Å². The van der Waals surface area contributed by atoms with Crippen molar-refractivity contribution >= 4 is 15.7 Å². The molecule has 0 spiro atoms. The molecule has 0 atom stereocenters. The SMILES string of the molecule is CCN(Cc1ccccc1)S(=O)(=O)c1ccccc1[N+](=O)[O-]. The molecule has 2 aromatic rings. The molecule has 0 N–H and O–H groups in total. The maximum atomic E-state index is 12.7. The summed E-state index contributed by atoms with van der Waals surface area (Å²) in [6.07, 6.45) is 0. The normalized spacial score (nSPS) is 11.5. The van der Waals surface area contributed by atoms with Crippen LogP contribution in [0.4, 0.5) is 5.69 Å². The van der Waals surface area contributed by atoms with Gasteiger partial charge < -0.3 is 0 Å². The minimum absolute atomic E-state index is 0.172. The third kappa shape index (κ3) is 3.32. The number of para-hydroxylation sites is 1. The molecular weight excluding hydrogens is 304 g/mol. The molecule has 0 radical (unpaired) electrons. The number of nitro groups is 1. The van der Waals surface area contributed by atoms with Crippen molar-refractivity contribution in [3.05, 3.63) is 70.3 Å². The van der Waals surface area contributed by atoms with Crippen LogP contribution in [0.25, 0.3) is 0 Å². The zero-order valence-electron chi connectivity index (χ0n) is 12.0. The summed E-state index contributed by atoms with van der Waals surface area (Å²) < 4.78 is 26.7. The highest BCUT2D eigenvalue weighted by Gasteiger charge is 2.30. The van der Waals surface area contributed by atoms with Crippen molar-refractivity contribution < 1.29 is 13.3 Å². The topological polar surface area (TPSA) is 80.5 Å². The monoisotopic (exact) mass is 320 g/mol. The van der Waals surface area contributed by atoms with Gasteiger partial charge in [0.05, 0.1) is 4.92 Å². The molecule has 0 aliphatic carbocycles. The minimum atomic E-state index is -3.93. The number of sulfonamides is 1. The lowest BCUT2D eigenvalue weighted by Crippen LogP contribution is -2.30. The van der Waals surface area contributed by atoms with Gasteiger partial charge in [-0.2, -0.15) is 4.31 Å². The lowest BCUT2D eigenvalue weighted by atomic mass is 10.2. The first-order valence-corrected chi connectivity index (χ1v) is 8.18. The molecule has 0 fully saturated rings. The molecule has 6 nitrogen and oxygen atoms in total. The first-order valence-electron chi connectivity index (χ1n) is 6.74. The lowest BCUT2D eigenvalue weighted by Gasteiger charge is -2.20. The summed E-state index contributed by atoms with van der Waals surface area (Å²) in [6.45, 7) is 2.10. The number of hydrogen-bond acceptors (Lipinski definition) is 4. The zero-order valence-corrected chi connectivity index (χ0v) is 12.9. The fourth-order valence-corrected chi connectivity index (χ4v) is 3.71. The van der Waals surface area contributed by atoms with Gasteiger partial charge in [-0.1, -0.05) is 49.4 Å². The van der Waals surface area contributed by atoms with Crippen LogP contribution in [0.2, 0.25) is 0 Å². The molecule has 2 aromatic carbocycles. The second-order valence-corrected chi connectivity index (χ2v) is 6.55. The largest absolute Gasteiger partial charge is 0.289 e. The van der Waals surface area contributed by atoms with Crippen molar-refractivity contribution in [2.24, 2.45) is 0 Å². The van der Waals surface area contributed by atoms with Crippen molar-refractivity contribution in [3.8, 4) is 0 Å². The number of nitrogens with zero attached hydrogens (tertiary/aromatic N) is 2. The van der Waals surface area contributed by atoms with Crippen LogP contribution in [0, 0.1) is 10.1 Å². The molecule has 0 heterocycles. The Morgan fingerprint density at radius 2 is 1.64 bits per heavy atom. The van der Waals surface area contributed by atoms with Gasteiger partial charge in [-0.15, -0.1) is 0 Å². The molecule has 2 rings (SSSR count). The molecule has 0 aliphatic rings. The van der Waals surface area contributed by atoms with Crippen LogP contribution in [0.1, 0.15) is 12.5 Å². The fraction of sp³-hybridized carbons (Fsp3) is 0.200. The van der Waals surface area contributed by atoms with Gasteiger partial charge in [-0.05, 0) is 11.6 Å². The molecule has 7 heteroatoms. The Bertz CT molecular complexity index is 760. The molecule has 0 unspecified atom stereocenters. The van der Waals surface area contributed by atoms with Crippen LogP contribution in [0.5, 0.6) is 0 Å². The number of nitro benzene ring substituents is 1. The van der Waals surface area contributed by atoms with Crippen LogP contribution in [-0.2, 0) is 16.6 Å². The number of hydrogen-bond donors (Lipinski definition) is 0. The van der Waals surface area contributed by atoms with E-state index in [2.05, 4.69) is 0 Å². The average Bonchev–Trinajstić information content (AvgIpc) is 2.53. The summed E-state index contributed by atoms with van der Waals surface area (Å²) >= 11 is 0. The Morgan fingerprint density at radius 3 is 2.23 bits per heavy atom. The van der Waals surface area contributed by atoms with Crippen molar-refractivity contribution in [2.45, 2.75) is 18.4 Å². The standard InChI is InChI=1S/C15H16N2O4S/c1-2-16(12-13-8-4-3-5-9-13)22(20,21)15-11-7-6-10-14(15)17(18)19/h3-11H,2,12H2,1H3. The van der Waals surface area contributed by atoms with E-state index >= 15 is 0 Å². The zero-order chi connectivity index (χ0) is 16.2. The molecule has 0 saturated carbocycles. The van der Waals surface area contributed by atoms with E-state index in [9.17, 15) is 18.5 Å². The van der Waals surface area contributed by atoms with Crippen LogP contribution in [0.15, 0.2) is 59.5 Å². The maximum Gasteiger partial charge on any atom is 0.289 e. The molecule has 0 bridgehead atoms. The van der Waals surface area contributed by atoms with Gasteiger partial charge >= 0.3 is 0 Å². The Labute approximate surface area is 129 Å². The third-order valence-corrected chi connectivity index (χ3v) is 5.20. The van der Waals surface area contributed by atoms with Gasteiger partial charge in [-0.25, -0.2) is 8.42 Å². The lowest BCUT2D eigenvalue weighted by molar-refractivity contribution is -0.387. The first-order chi connectivity index (χ1) is 10.5. The van der Waals surface area contributed by atoms with Crippen LogP contribution in [-0.4, -0.2) is 24.2 Å². The van der Waals surface area contributed by atoms with E-state index in [4.69, 9.17) is 0 Å². The summed E-state index contributed by atoms with van der Waals surface area (Å²) in [6, 6.07) is 14.5. The molecule has 22 heavy (non-hydrogen) atoms. The highest BCUT2D eigenvalue weighted by molar-refractivity contribution is 7.89. The smallest absolute Gasteiger partial charge is 0.258 e. The third-order valence-electron chi connectivity index (χ3n) is 3.23. The summed E-state index contributed by atoms with van der Waals surface area (Å²) in [4.78, 5) is 10.1. The fourth-order valence-electron chi connectivity index (χ4n) is 2.12. The van der Waals surface area contributed by atoms with Crippen LogP contribution < -0.4 is 0 Å². The van der Waals surface area contributed by atoms with Gasteiger partial charge in [0.2, 0.25) is 10.0 Å². The second kappa shape index (κ2) is 6.67. The summed E-state index contributed by atoms with van der Waals surface area (Å²) in [5, 5.41) is 11.1. The first kappa shape index (κ1) is 16.1. The minimum Gasteiger partial charge on any atom is -0.258 e. The van der Waals surface area contributed by atoms with E-state index in [1.807, 2.05) is 30.3 Å². The van der Waals surface area contributed by atoms with Crippen molar-refractivity contribution in [2.75, 3.05) is 6.54 Å². The Kier molecular flexibility index (Phi) is 4.89. The highest BCUT2D eigenvalue weighted by Crippen LogP contribution is 2.27. The average molecular weight is 320 g/mol. The quantitative estimate of drug-likeness (QED) is 0.605. The summed E-state index contributed by atoms with van der Waals surface area (Å²) in [5.74, 6) is 0. The van der Waals surface area contributed by atoms with Crippen molar-refractivity contribution in [3.63, 3.8) is 0 Å². The van der Waals surface area contributed by atoms with Gasteiger partial charge in [0, 0.05) is 19.2 Å². The van der Waals surface area contributed by atoms with Gasteiger partial charge in [0.25, 0.3) is 5.69 Å². The van der Waals surface area contributed by atoms with Gasteiger partial charge in [-0.3, -0.25) is 10.1 Å². The summed E-state index contributed by atoms with van der Waals surface area (Å²) in [7, 11) is -3.93. The highest BCUT2D eigenvalue weighted by atomic mass is 32.2. The van der Waals surface area contributed by atoms with E-state index in [1.54, 1.807) is 6.92 Å². The second-order valence-electron chi connectivity index (χ2n) is 4.64. The van der Waals surface area contributed by atoms with Gasteiger partial charge in [0.1, 0.15) is 0 Å². The van der Waals surface area contributed by atoms with E-state index in [0.717, 1.165) is 5.56 Å². The molecular formula is C15H16N2O4S.